The summed E-state index contributed by atoms with van der Waals surface area (Å²) >= 11 is 6.52. The number of piperidine rings is 1. The van der Waals surface area contributed by atoms with Gasteiger partial charge in [0.05, 0.1) is 26.1 Å². The molecular weight excluding hydrogens is 1240 g/mol. The Kier molecular flexibility index (Phi) is 27.3. The van der Waals surface area contributed by atoms with Crippen LogP contribution in [-0.4, -0.2) is 259 Å². The topological polar surface area (TPSA) is 279 Å². The maximum atomic E-state index is 15.7. The van der Waals surface area contributed by atoms with Crippen molar-refractivity contribution < 1.29 is 62.3 Å². The van der Waals surface area contributed by atoms with E-state index >= 15 is 19.2 Å². The highest BCUT2D eigenvalue weighted by molar-refractivity contribution is 6.30. The van der Waals surface area contributed by atoms with Gasteiger partial charge >= 0.3 is 0 Å². The van der Waals surface area contributed by atoms with E-state index in [0.29, 0.717) is 75.0 Å². The van der Waals surface area contributed by atoms with Crippen molar-refractivity contribution in [1.82, 2.24) is 60.0 Å². The van der Waals surface area contributed by atoms with Gasteiger partial charge in [-0.05, 0) is 107 Å². The highest BCUT2D eigenvalue weighted by Crippen LogP contribution is 2.38. The van der Waals surface area contributed by atoms with E-state index in [4.69, 9.17) is 16.3 Å². The summed E-state index contributed by atoms with van der Waals surface area (Å²) in [4.78, 5) is 190. The largest absolute Gasteiger partial charge is 0.374 e. The van der Waals surface area contributed by atoms with Crippen LogP contribution in [0.25, 0.3) is 0 Å². The summed E-state index contributed by atoms with van der Waals surface area (Å²) in [5, 5.41) is 9.15. The molecule has 2 unspecified atom stereocenters. The Labute approximate surface area is 566 Å². The highest BCUT2D eigenvalue weighted by Gasteiger charge is 2.52. The van der Waals surface area contributed by atoms with Crippen molar-refractivity contribution in [3.05, 3.63) is 34.9 Å². The highest BCUT2D eigenvalue weighted by atomic mass is 35.5. The van der Waals surface area contributed by atoms with Gasteiger partial charge < -0.3 is 64.8 Å². The average molecular weight is 1350 g/mol. The molecule has 1 spiro atoms. The van der Waals surface area contributed by atoms with E-state index in [0.717, 1.165) is 67.6 Å². The van der Waals surface area contributed by atoms with Crippen LogP contribution in [0.2, 0.25) is 5.02 Å². The lowest BCUT2D eigenvalue weighted by Gasteiger charge is -2.43. The fraction of sp³-hybridized carbons (Fsp3) is 0.739. The van der Waals surface area contributed by atoms with Crippen molar-refractivity contribution in [3.63, 3.8) is 0 Å². The first-order valence-corrected chi connectivity index (χ1v) is 35.1. The number of carbonyl (C=O) groups excluding carboxylic acids is 12. The third-order valence-electron chi connectivity index (χ3n) is 21.5. The maximum absolute atomic E-state index is 15.7. The first-order chi connectivity index (χ1) is 45.1. The number of hydrogen-bond acceptors (Lipinski definition) is 13. The molecule has 95 heavy (non-hydrogen) atoms. The summed E-state index contributed by atoms with van der Waals surface area (Å²) in [6.07, 6.45) is 11.7. The minimum atomic E-state index is -1.51. The molecule has 6 aliphatic rings. The molecule has 26 heteroatoms. The number of fused-ring (bicyclic) bond motifs is 1. The second kappa shape index (κ2) is 34.4. The van der Waals surface area contributed by atoms with E-state index < -0.39 is 157 Å². The molecule has 3 aliphatic heterocycles. The van der Waals surface area contributed by atoms with E-state index in [1.165, 1.54) is 85.7 Å². The van der Waals surface area contributed by atoms with Crippen molar-refractivity contribution in [1.29, 1.82) is 0 Å². The van der Waals surface area contributed by atoms with E-state index in [-0.39, 0.29) is 44.1 Å². The van der Waals surface area contributed by atoms with Crippen molar-refractivity contribution in [2.45, 2.75) is 216 Å². The molecule has 3 aliphatic carbocycles. The predicted octanol–water partition coefficient (Wildman–Crippen LogP) is 4.13. The van der Waals surface area contributed by atoms with Crippen LogP contribution >= 0.6 is 11.6 Å². The molecule has 9 atom stereocenters. The van der Waals surface area contributed by atoms with Crippen molar-refractivity contribution in [2.75, 3.05) is 95.7 Å². The van der Waals surface area contributed by atoms with Crippen LogP contribution in [0.5, 0.6) is 0 Å². The molecule has 25 nitrogen and oxygen atoms in total. The quantitative estimate of drug-likeness (QED) is 0.314. The number of likely N-dealkylation sites (N-methyl/N-ethyl adjacent to an activating group) is 7. The molecule has 1 aromatic carbocycles. The summed E-state index contributed by atoms with van der Waals surface area (Å²) in [5.41, 5.74) is -1.09. The Balaban J connectivity index is 1.28. The van der Waals surface area contributed by atoms with E-state index in [2.05, 4.69) is 16.0 Å². The predicted molar refractivity (Wildman–Crippen MR) is 356 cm³/mol. The molecular formula is C69H107ClN12O13. The minimum Gasteiger partial charge on any atom is -0.374 e. The molecule has 3 N–H and O–H groups in total. The molecule has 3 saturated carbocycles. The number of rotatable bonds is 9. The van der Waals surface area contributed by atoms with Crippen molar-refractivity contribution >= 4 is 82.5 Å². The first-order valence-electron chi connectivity index (χ1n) is 34.7. The van der Waals surface area contributed by atoms with Gasteiger partial charge in [0.1, 0.15) is 53.9 Å². The molecule has 7 rings (SSSR count). The van der Waals surface area contributed by atoms with Gasteiger partial charge in [-0.25, -0.2) is 0 Å². The summed E-state index contributed by atoms with van der Waals surface area (Å²) in [7, 11) is 11.5. The van der Waals surface area contributed by atoms with Gasteiger partial charge in [-0.15, -0.1) is 0 Å². The number of halogens is 1. The third-order valence-corrected chi connectivity index (χ3v) is 21.7. The summed E-state index contributed by atoms with van der Waals surface area (Å²) in [6.45, 7) is 4.45. The van der Waals surface area contributed by atoms with Crippen LogP contribution in [0.1, 0.15) is 174 Å². The van der Waals surface area contributed by atoms with E-state index in [1.807, 2.05) is 6.92 Å². The number of nitrogens with one attached hydrogen (secondary N) is 3. The third kappa shape index (κ3) is 18.4. The average Bonchev–Trinajstić information content (AvgIpc) is 1.77. The number of nitrogens with zero attached hydrogens (tertiary/aromatic N) is 9. The molecule has 6 fully saturated rings. The van der Waals surface area contributed by atoms with Crippen molar-refractivity contribution in [3.8, 4) is 0 Å². The van der Waals surface area contributed by atoms with Crippen LogP contribution in [0.3, 0.4) is 0 Å². The van der Waals surface area contributed by atoms with Gasteiger partial charge in [-0.3, -0.25) is 57.5 Å². The van der Waals surface area contributed by atoms with Gasteiger partial charge in [0.2, 0.25) is 70.9 Å². The summed E-state index contributed by atoms with van der Waals surface area (Å²) in [5.74, 6) is -8.03. The summed E-state index contributed by atoms with van der Waals surface area (Å²) < 4.78 is 6.03. The van der Waals surface area contributed by atoms with Crippen LogP contribution in [0.4, 0.5) is 0 Å². The van der Waals surface area contributed by atoms with Crippen LogP contribution in [0.15, 0.2) is 24.3 Å². The Morgan fingerprint density at radius 1 is 0.621 bits per heavy atom. The number of amides is 12. The van der Waals surface area contributed by atoms with Gasteiger partial charge in [-0.1, -0.05) is 108 Å². The number of benzene rings is 1. The Morgan fingerprint density at radius 3 is 1.85 bits per heavy atom. The van der Waals surface area contributed by atoms with Crippen molar-refractivity contribution in [2.24, 2.45) is 17.8 Å². The second-order valence-electron chi connectivity index (χ2n) is 28.0. The maximum Gasteiger partial charge on any atom is 0.248 e. The van der Waals surface area contributed by atoms with Gasteiger partial charge in [-0.2, -0.15) is 0 Å². The lowest BCUT2D eigenvalue weighted by Crippen LogP contribution is -2.65. The molecule has 0 radical (unpaired) electrons. The second-order valence-corrected chi connectivity index (χ2v) is 28.4. The van der Waals surface area contributed by atoms with Crippen LogP contribution < -0.4 is 16.0 Å². The first kappa shape index (κ1) is 75.5. The summed E-state index contributed by atoms with van der Waals surface area (Å²) in [6, 6.07) is -1.95. The Bertz CT molecular complexity index is 2930. The molecule has 12 amide bonds. The van der Waals surface area contributed by atoms with Crippen LogP contribution in [0, 0.1) is 17.8 Å². The molecule has 528 valence electrons. The van der Waals surface area contributed by atoms with E-state index in [9.17, 15) is 38.4 Å². The minimum absolute atomic E-state index is 0.0650. The number of carbonyl (C=O) groups is 12. The smallest absolute Gasteiger partial charge is 0.248 e. The SMILES string of the molecule is CC[C@H](C)[C@@H]1NC(=O)[C@H](C)N(C)C(=O)C[C@@H](C(=O)N2CCCCC2)N(C)C(=O)[C@H](C2CCCCC2)N(C)C(=O)C2(CCCC2)NC(=O)C2CCCN2C(=O)[C@H](C(OC)c2cccc(Cl)c2)NC(=O)CN(C)C(=O)[C@H](CC2CCCCC2)N(C)C(=O)CN(C)C(=O)CN(C)C1=O. The zero-order valence-electron chi connectivity index (χ0n) is 58.2. The normalized spacial score (nSPS) is 27.8. The van der Waals surface area contributed by atoms with Crippen LogP contribution in [-0.2, 0) is 62.3 Å². The number of likely N-dealkylation sites (tertiary alicyclic amines) is 1. The number of hydrogen-bond donors (Lipinski definition) is 3. The monoisotopic (exact) mass is 1350 g/mol. The molecule has 0 bridgehead atoms. The molecule has 0 aromatic heterocycles. The van der Waals surface area contributed by atoms with Gasteiger partial charge in [0.25, 0.3) is 0 Å². The van der Waals surface area contributed by atoms with E-state index in [1.54, 1.807) is 43.1 Å². The molecule has 3 heterocycles. The number of methoxy groups -OCH3 is 1. The van der Waals surface area contributed by atoms with Gasteiger partial charge in [0, 0.05) is 81.1 Å². The van der Waals surface area contributed by atoms with Gasteiger partial charge in [0.15, 0.2) is 0 Å². The number of ether oxygens (including phenoxy) is 1. The standard InChI is InChI=1S/C69H107ClN12O13/c1-12-44(2)57-65(91)76(6)42-55(85)74(4)43-56(86)78(8)51(38-46-26-16-13-17-27-46)63(89)75(5)41-53(83)71-58(60(95-11)48-30-24-31-49(70)39-48)66(92)82-37-25-32-50(82)62(88)73-69(33-20-21-34-69)68(94)80(10)59(47-28-18-14-19-29-47)67(93)79(9)52(64(90)81-35-22-15-23-36-81)40-54(84)77(7)45(3)61(87)72-57/h24,30-31,39,44-47,50-52,57-60H,12-23,25-29,32-38,40-43H2,1-11H3,(H,71,83)(H,72,87)(H,73,88)/t44-,45-,50?,51-,52-,57-,58-,59-,60?/m0/s1. The molecule has 1 aromatic rings. The molecule has 3 saturated heterocycles. The Hall–Kier alpha value is -6.89. The zero-order valence-corrected chi connectivity index (χ0v) is 58.9. The fourth-order valence-electron chi connectivity index (χ4n) is 15.1. The fourth-order valence-corrected chi connectivity index (χ4v) is 15.3. The lowest BCUT2D eigenvalue weighted by atomic mass is 9.81. The Morgan fingerprint density at radius 2 is 1.23 bits per heavy atom. The lowest BCUT2D eigenvalue weighted by molar-refractivity contribution is -0.157. The zero-order chi connectivity index (χ0) is 69.6.